The summed E-state index contributed by atoms with van der Waals surface area (Å²) in [6, 6.07) is 8.44. The van der Waals surface area contributed by atoms with E-state index in [1.807, 2.05) is 0 Å². The predicted molar refractivity (Wildman–Crippen MR) is 45.3 cm³/mol. The molecule has 0 unspecified atom stereocenters. The Kier molecular flexibility index (Phi) is 4.05. The van der Waals surface area contributed by atoms with Crippen molar-refractivity contribution in [1.82, 2.24) is 5.48 Å². The number of hydrogen-bond acceptors (Lipinski definition) is 2. The Morgan fingerprint density at radius 1 is 1.20 bits per heavy atom. The molecule has 1 N–H and O–H groups in total. The number of hydroxylamine groups is 1. The molecule has 1 aromatic carbocycles. The zero-order valence-corrected chi connectivity index (χ0v) is 7.59. The minimum Gasteiger partial charge on any atom is -0.227 e. The third kappa shape index (κ3) is 3.85. The zero-order valence-electron chi connectivity index (χ0n) is 7.59. The van der Waals surface area contributed by atoms with Crippen molar-refractivity contribution in [3.05, 3.63) is 35.9 Å². The number of nitrogens with one attached hydrogen (secondary N) is 1. The van der Waals surface area contributed by atoms with Gasteiger partial charge in [0.1, 0.15) is 0 Å². The largest absolute Gasteiger partial charge is 0.431 e. The van der Waals surface area contributed by atoms with Gasteiger partial charge in [0.2, 0.25) is 0 Å². The molecule has 2 nitrogen and oxygen atoms in total. The van der Waals surface area contributed by atoms with Gasteiger partial charge in [0.05, 0.1) is 0 Å². The monoisotopic (exact) mass is 223 g/mol. The van der Waals surface area contributed by atoms with Gasteiger partial charge in [-0.2, -0.15) is 14.3 Å². The number of benzene rings is 1. The van der Waals surface area contributed by atoms with Crippen LogP contribution >= 0.6 is 0 Å². The topological polar surface area (TPSA) is 21.3 Å². The minimum absolute atomic E-state index is 0.0663. The third-order valence-corrected chi connectivity index (χ3v) is 1.58. The molecule has 0 fully saturated rings. The van der Waals surface area contributed by atoms with Crippen molar-refractivity contribution < 1.29 is 22.4 Å². The van der Waals surface area contributed by atoms with Crippen LogP contribution in [0, 0.1) is 0 Å². The standard InChI is InChI=1S/C9H9F4NO/c10-8(11)9(12,13)15-14-6-7-4-2-1-3-5-7/h1-5,8,14H,6H2. The Balaban J connectivity index is 2.34. The van der Waals surface area contributed by atoms with Crippen LogP contribution in [0.1, 0.15) is 5.56 Å². The summed E-state index contributed by atoms with van der Waals surface area (Å²) in [4.78, 5) is 3.56. The molecule has 0 radical (unpaired) electrons. The lowest BCUT2D eigenvalue weighted by molar-refractivity contribution is -0.327. The first-order valence-electron chi connectivity index (χ1n) is 4.13. The van der Waals surface area contributed by atoms with E-state index in [1.54, 1.807) is 35.8 Å². The van der Waals surface area contributed by atoms with Gasteiger partial charge in [-0.15, -0.1) is 0 Å². The second-order valence-electron chi connectivity index (χ2n) is 2.77. The van der Waals surface area contributed by atoms with Gasteiger partial charge in [-0.3, -0.25) is 0 Å². The summed E-state index contributed by atoms with van der Waals surface area (Å²) in [6.45, 7) is -0.0663. The van der Waals surface area contributed by atoms with E-state index >= 15 is 0 Å². The van der Waals surface area contributed by atoms with Crippen LogP contribution < -0.4 is 5.48 Å². The second kappa shape index (κ2) is 5.09. The molecule has 0 aliphatic heterocycles. The lowest BCUT2D eigenvalue weighted by atomic mass is 10.2. The maximum Gasteiger partial charge on any atom is 0.431 e. The number of rotatable bonds is 5. The van der Waals surface area contributed by atoms with Gasteiger partial charge in [-0.25, -0.2) is 13.6 Å². The highest BCUT2D eigenvalue weighted by Crippen LogP contribution is 2.22. The first-order chi connectivity index (χ1) is 7.02. The number of halogens is 4. The summed E-state index contributed by atoms with van der Waals surface area (Å²) in [5.74, 6) is 0. The Morgan fingerprint density at radius 3 is 2.33 bits per heavy atom. The van der Waals surface area contributed by atoms with Gasteiger partial charge < -0.3 is 0 Å². The van der Waals surface area contributed by atoms with Crippen molar-refractivity contribution in [3.8, 4) is 0 Å². The highest BCUT2D eigenvalue weighted by Gasteiger charge is 2.42. The smallest absolute Gasteiger partial charge is 0.227 e. The van der Waals surface area contributed by atoms with Crippen LogP contribution in [-0.2, 0) is 11.4 Å². The van der Waals surface area contributed by atoms with Crippen molar-refractivity contribution in [2.75, 3.05) is 0 Å². The molecular weight excluding hydrogens is 214 g/mol. The summed E-state index contributed by atoms with van der Waals surface area (Å²) in [6.07, 6.45) is -8.31. The first kappa shape index (κ1) is 11.9. The van der Waals surface area contributed by atoms with Crippen molar-refractivity contribution in [1.29, 1.82) is 0 Å². The molecule has 0 amide bonds. The van der Waals surface area contributed by atoms with E-state index < -0.39 is 12.5 Å². The number of alkyl halides is 4. The van der Waals surface area contributed by atoms with E-state index in [0.29, 0.717) is 5.56 Å². The average Bonchev–Trinajstić information content (AvgIpc) is 2.19. The summed E-state index contributed by atoms with van der Waals surface area (Å²) in [5.41, 5.74) is 2.45. The van der Waals surface area contributed by atoms with Crippen LogP contribution in [0.5, 0.6) is 0 Å². The molecule has 84 valence electrons. The van der Waals surface area contributed by atoms with Gasteiger partial charge in [0.25, 0.3) is 0 Å². The summed E-state index contributed by atoms with van der Waals surface area (Å²) < 4.78 is 47.7. The zero-order chi connectivity index (χ0) is 11.3. The molecule has 0 saturated heterocycles. The molecule has 1 aromatic rings. The van der Waals surface area contributed by atoms with Crippen molar-refractivity contribution in [2.45, 2.75) is 19.1 Å². The molecule has 0 aliphatic carbocycles. The Labute approximate surface area is 83.8 Å². The van der Waals surface area contributed by atoms with Crippen molar-refractivity contribution in [3.63, 3.8) is 0 Å². The highest BCUT2D eigenvalue weighted by molar-refractivity contribution is 5.13. The lowest BCUT2D eigenvalue weighted by Crippen LogP contribution is -2.36. The Morgan fingerprint density at radius 2 is 1.80 bits per heavy atom. The first-order valence-corrected chi connectivity index (χ1v) is 4.13. The van der Waals surface area contributed by atoms with Crippen molar-refractivity contribution in [2.24, 2.45) is 0 Å². The molecule has 0 atom stereocenters. The van der Waals surface area contributed by atoms with Crippen molar-refractivity contribution >= 4 is 0 Å². The molecule has 0 spiro atoms. The average molecular weight is 223 g/mol. The number of hydrogen-bond donors (Lipinski definition) is 1. The van der Waals surface area contributed by atoms with Gasteiger partial charge in [-0.1, -0.05) is 30.3 Å². The van der Waals surface area contributed by atoms with Crippen LogP contribution in [0.4, 0.5) is 17.6 Å². The van der Waals surface area contributed by atoms with Crippen LogP contribution in [0.2, 0.25) is 0 Å². The molecule has 6 heteroatoms. The molecule has 0 aliphatic rings. The van der Waals surface area contributed by atoms with Crippen LogP contribution in [-0.4, -0.2) is 12.5 Å². The quantitative estimate of drug-likeness (QED) is 0.611. The normalized spacial score (nSPS) is 12.1. The molecular formula is C9H9F4NO. The summed E-state index contributed by atoms with van der Waals surface area (Å²) in [5, 5.41) is 0. The van der Waals surface area contributed by atoms with Crippen LogP contribution in [0.25, 0.3) is 0 Å². The van der Waals surface area contributed by atoms with Gasteiger partial charge >= 0.3 is 12.5 Å². The fourth-order valence-corrected chi connectivity index (χ4v) is 0.856. The SMILES string of the molecule is FC(F)C(F)(F)ONCc1ccccc1. The molecule has 15 heavy (non-hydrogen) atoms. The van der Waals surface area contributed by atoms with E-state index in [9.17, 15) is 17.6 Å². The lowest BCUT2D eigenvalue weighted by Gasteiger charge is -2.15. The van der Waals surface area contributed by atoms with E-state index in [0.717, 1.165) is 0 Å². The second-order valence-corrected chi connectivity index (χ2v) is 2.77. The fraction of sp³-hybridized carbons (Fsp3) is 0.333. The Hall–Kier alpha value is -1.14. The molecule has 0 saturated carbocycles. The van der Waals surface area contributed by atoms with Crippen LogP contribution in [0.3, 0.4) is 0 Å². The van der Waals surface area contributed by atoms with Gasteiger partial charge in [0, 0.05) is 6.54 Å². The maximum atomic E-state index is 12.2. The molecule has 1 rings (SSSR count). The van der Waals surface area contributed by atoms with E-state index in [-0.39, 0.29) is 6.54 Å². The fourth-order valence-electron chi connectivity index (χ4n) is 0.856. The highest BCUT2D eigenvalue weighted by atomic mass is 19.3. The Bertz CT molecular complexity index is 291. The van der Waals surface area contributed by atoms with E-state index in [1.165, 1.54) is 0 Å². The predicted octanol–water partition coefficient (Wildman–Crippen LogP) is 2.57. The van der Waals surface area contributed by atoms with Gasteiger partial charge in [0.15, 0.2) is 0 Å². The molecule has 0 aromatic heterocycles. The molecule has 0 bridgehead atoms. The van der Waals surface area contributed by atoms with Gasteiger partial charge in [-0.05, 0) is 5.56 Å². The maximum absolute atomic E-state index is 12.2. The van der Waals surface area contributed by atoms with E-state index in [4.69, 9.17) is 0 Å². The van der Waals surface area contributed by atoms with Crippen LogP contribution in [0.15, 0.2) is 30.3 Å². The third-order valence-electron chi connectivity index (χ3n) is 1.58. The minimum atomic E-state index is -4.46. The molecule has 0 heterocycles. The summed E-state index contributed by atoms with van der Waals surface area (Å²) >= 11 is 0. The summed E-state index contributed by atoms with van der Waals surface area (Å²) in [7, 11) is 0. The van der Waals surface area contributed by atoms with E-state index in [2.05, 4.69) is 4.84 Å².